The lowest BCUT2D eigenvalue weighted by atomic mass is 10.3. The molecule has 0 saturated carbocycles. The first kappa shape index (κ1) is 11.3. The molecule has 1 atom stereocenters. The quantitative estimate of drug-likeness (QED) is 0.659. The molecule has 2 amide bonds. The van der Waals surface area contributed by atoms with E-state index in [0.717, 1.165) is 0 Å². The van der Waals surface area contributed by atoms with Gasteiger partial charge in [0.2, 0.25) is 0 Å². The highest BCUT2D eigenvalue weighted by Crippen LogP contribution is 2.05. The summed E-state index contributed by atoms with van der Waals surface area (Å²) in [5.41, 5.74) is 0. The number of ether oxygens (including phenoxy) is 2. The van der Waals surface area contributed by atoms with Gasteiger partial charge in [0.1, 0.15) is 0 Å². The van der Waals surface area contributed by atoms with Gasteiger partial charge in [-0.2, -0.15) is 0 Å². The van der Waals surface area contributed by atoms with Crippen LogP contribution in [0.25, 0.3) is 0 Å². The Labute approximate surface area is 84.4 Å². The highest BCUT2D eigenvalue weighted by Gasteiger charge is 2.22. The summed E-state index contributed by atoms with van der Waals surface area (Å²) in [6.45, 7) is 5.00. The Balaban J connectivity index is 2.27. The van der Waals surface area contributed by atoms with Crippen molar-refractivity contribution in [1.82, 2.24) is 10.2 Å². The lowest BCUT2D eigenvalue weighted by Crippen LogP contribution is -2.51. The molecule has 1 N–H and O–H groups in total. The van der Waals surface area contributed by atoms with E-state index in [2.05, 4.69) is 5.32 Å². The van der Waals surface area contributed by atoms with Crippen molar-refractivity contribution in [2.45, 2.75) is 13.0 Å². The first-order valence-corrected chi connectivity index (χ1v) is 4.87. The molecule has 0 aliphatic carbocycles. The minimum Gasteiger partial charge on any atom is -0.383 e. The molecule has 5 heteroatoms. The molecular weight excluding hydrogens is 184 g/mol. The zero-order chi connectivity index (χ0) is 10.4. The molecule has 1 aliphatic heterocycles. The van der Waals surface area contributed by atoms with Gasteiger partial charge in [-0.3, -0.25) is 0 Å². The number of amides is 2. The van der Waals surface area contributed by atoms with E-state index < -0.39 is 0 Å². The molecule has 0 bridgehead atoms. The number of methoxy groups -OCH3 is 1. The predicted molar refractivity (Wildman–Crippen MR) is 52.3 cm³/mol. The summed E-state index contributed by atoms with van der Waals surface area (Å²) in [5, 5.41) is 2.79. The van der Waals surface area contributed by atoms with Crippen LogP contribution in [0.3, 0.4) is 0 Å². The molecule has 1 fully saturated rings. The van der Waals surface area contributed by atoms with Gasteiger partial charge >= 0.3 is 6.03 Å². The van der Waals surface area contributed by atoms with Crippen LogP contribution in [0.4, 0.5) is 4.79 Å². The second-order valence-electron chi connectivity index (χ2n) is 3.34. The van der Waals surface area contributed by atoms with Gasteiger partial charge < -0.3 is 19.7 Å². The third-order valence-corrected chi connectivity index (χ3v) is 2.21. The average molecular weight is 202 g/mol. The van der Waals surface area contributed by atoms with Crippen LogP contribution < -0.4 is 5.32 Å². The number of carbonyl (C=O) groups is 1. The highest BCUT2D eigenvalue weighted by atomic mass is 16.5. The van der Waals surface area contributed by atoms with Gasteiger partial charge in [0.15, 0.2) is 0 Å². The number of hydrogen-bond donors (Lipinski definition) is 1. The lowest BCUT2D eigenvalue weighted by molar-refractivity contribution is 0.0187. The zero-order valence-electron chi connectivity index (χ0n) is 8.78. The molecule has 0 aromatic carbocycles. The van der Waals surface area contributed by atoms with Crippen molar-refractivity contribution in [2.24, 2.45) is 0 Å². The fraction of sp³-hybridized carbons (Fsp3) is 0.889. The third-order valence-electron chi connectivity index (χ3n) is 2.21. The van der Waals surface area contributed by atoms with Crippen LogP contribution >= 0.6 is 0 Å². The van der Waals surface area contributed by atoms with Crippen LogP contribution in [0, 0.1) is 0 Å². The number of nitrogens with zero attached hydrogens (tertiary/aromatic N) is 1. The fourth-order valence-electron chi connectivity index (χ4n) is 1.39. The van der Waals surface area contributed by atoms with Gasteiger partial charge in [-0.25, -0.2) is 4.79 Å². The van der Waals surface area contributed by atoms with Crippen molar-refractivity contribution in [3.05, 3.63) is 0 Å². The standard InChI is InChI=1S/C9H18N2O3/c1-8-7-14-6-4-11(8)9(12)10-3-5-13-2/h8H,3-7H2,1-2H3,(H,10,12). The predicted octanol–water partition coefficient (Wildman–Crippen LogP) is 0.0631. The van der Waals surface area contributed by atoms with Crippen LogP contribution in [0.5, 0.6) is 0 Å². The minimum absolute atomic E-state index is 0.0298. The Hall–Kier alpha value is -0.810. The van der Waals surface area contributed by atoms with Crippen LogP contribution in [0.15, 0.2) is 0 Å². The molecular formula is C9H18N2O3. The zero-order valence-corrected chi connectivity index (χ0v) is 8.78. The van der Waals surface area contributed by atoms with Gasteiger partial charge in [-0.05, 0) is 6.92 Å². The Kier molecular flexibility index (Phi) is 4.69. The first-order valence-electron chi connectivity index (χ1n) is 4.87. The summed E-state index contributed by atoms with van der Waals surface area (Å²) in [5.74, 6) is 0. The van der Waals surface area contributed by atoms with Crippen LogP contribution in [0.1, 0.15) is 6.92 Å². The van der Waals surface area contributed by atoms with E-state index >= 15 is 0 Å². The molecule has 0 aromatic heterocycles. The molecule has 1 unspecified atom stereocenters. The second-order valence-corrected chi connectivity index (χ2v) is 3.34. The minimum atomic E-state index is -0.0298. The second kappa shape index (κ2) is 5.82. The summed E-state index contributed by atoms with van der Waals surface area (Å²) in [6.07, 6.45) is 0. The van der Waals surface area contributed by atoms with Crippen molar-refractivity contribution in [1.29, 1.82) is 0 Å². The summed E-state index contributed by atoms with van der Waals surface area (Å²) in [7, 11) is 1.61. The molecule has 1 heterocycles. The number of urea groups is 1. The average Bonchev–Trinajstić information content (AvgIpc) is 2.18. The Morgan fingerprint density at radius 2 is 2.50 bits per heavy atom. The van der Waals surface area contributed by atoms with E-state index in [4.69, 9.17) is 9.47 Å². The van der Waals surface area contributed by atoms with E-state index in [0.29, 0.717) is 32.9 Å². The normalized spacial score (nSPS) is 22.1. The number of morpholine rings is 1. The number of rotatable bonds is 3. The monoisotopic (exact) mass is 202 g/mol. The molecule has 1 rings (SSSR count). The van der Waals surface area contributed by atoms with Gasteiger partial charge in [0, 0.05) is 20.2 Å². The van der Waals surface area contributed by atoms with Crippen molar-refractivity contribution < 1.29 is 14.3 Å². The summed E-state index contributed by atoms with van der Waals surface area (Å²) in [6, 6.07) is 0.129. The van der Waals surface area contributed by atoms with Crippen molar-refractivity contribution in [3.63, 3.8) is 0 Å². The van der Waals surface area contributed by atoms with E-state index in [1.807, 2.05) is 6.92 Å². The Morgan fingerprint density at radius 3 is 3.14 bits per heavy atom. The molecule has 5 nitrogen and oxygen atoms in total. The Morgan fingerprint density at radius 1 is 1.71 bits per heavy atom. The summed E-state index contributed by atoms with van der Waals surface area (Å²) >= 11 is 0. The molecule has 0 aromatic rings. The molecule has 82 valence electrons. The topological polar surface area (TPSA) is 50.8 Å². The maximum absolute atomic E-state index is 11.6. The highest BCUT2D eigenvalue weighted by molar-refractivity contribution is 5.74. The summed E-state index contributed by atoms with van der Waals surface area (Å²) in [4.78, 5) is 13.4. The van der Waals surface area contributed by atoms with Gasteiger partial charge in [-0.1, -0.05) is 0 Å². The molecule has 1 saturated heterocycles. The maximum Gasteiger partial charge on any atom is 0.317 e. The molecule has 0 spiro atoms. The lowest BCUT2D eigenvalue weighted by Gasteiger charge is -2.33. The molecule has 1 aliphatic rings. The third kappa shape index (κ3) is 3.16. The smallest absolute Gasteiger partial charge is 0.317 e. The number of nitrogens with one attached hydrogen (secondary N) is 1. The van der Waals surface area contributed by atoms with Crippen molar-refractivity contribution in [2.75, 3.05) is 40.0 Å². The number of carbonyl (C=O) groups excluding carboxylic acids is 1. The van der Waals surface area contributed by atoms with E-state index in [9.17, 15) is 4.79 Å². The van der Waals surface area contributed by atoms with Crippen molar-refractivity contribution >= 4 is 6.03 Å². The van der Waals surface area contributed by atoms with Gasteiger partial charge in [0.05, 0.1) is 25.9 Å². The van der Waals surface area contributed by atoms with Crippen LogP contribution in [-0.4, -0.2) is 57.0 Å². The first-order chi connectivity index (χ1) is 6.75. The van der Waals surface area contributed by atoms with E-state index in [-0.39, 0.29) is 12.1 Å². The largest absolute Gasteiger partial charge is 0.383 e. The van der Waals surface area contributed by atoms with Gasteiger partial charge in [-0.15, -0.1) is 0 Å². The van der Waals surface area contributed by atoms with E-state index in [1.165, 1.54) is 0 Å². The van der Waals surface area contributed by atoms with Crippen LogP contribution in [-0.2, 0) is 9.47 Å². The van der Waals surface area contributed by atoms with E-state index in [1.54, 1.807) is 12.0 Å². The summed E-state index contributed by atoms with van der Waals surface area (Å²) < 4.78 is 10.1. The fourth-order valence-corrected chi connectivity index (χ4v) is 1.39. The molecule has 14 heavy (non-hydrogen) atoms. The maximum atomic E-state index is 11.6. The Bertz CT molecular complexity index is 187. The number of hydrogen-bond acceptors (Lipinski definition) is 3. The van der Waals surface area contributed by atoms with Gasteiger partial charge in [0.25, 0.3) is 0 Å². The molecule has 0 radical (unpaired) electrons. The SMILES string of the molecule is COCCNC(=O)N1CCOCC1C. The van der Waals surface area contributed by atoms with Crippen LogP contribution in [0.2, 0.25) is 0 Å². The van der Waals surface area contributed by atoms with Crippen molar-refractivity contribution in [3.8, 4) is 0 Å².